The maximum atomic E-state index is 11.9. The first kappa shape index (κ1) is 14.1. The molecule has 6 heteroatoms. The van der Waals surface area contributed by atoms with Gasteiger partial charge < -0.3 is 9.73 Å². The molecular weight excluding hydrogens is 280 g/mol. The summed E-state index contributed by atoms with van der Waals surface area (Å²) in [7, 11) is 0. The summed E-state index contributed by atoms with van der Waals surface area (Å²) < 4.78 is 5.46. The summed E-state index contributed by atoms with van der Waals surface area (Å²) in [6.07, 6.45) is 0. The van der Waals surface area contributed by atoms with Gasteiger partial charge in [-0.3, -0.25) is 4.79 Å². The zero-order valence-corrected chi connectivity index (χ0v) is 12.7. The van der Waals surface area contributed by atoms with Crippen molar-refractivity contribution in [1.29, 1.82) is 0 Å². The van der Waals surface area contributed by atoms with E-state index < -0.39 is 0 Å². The zero-order chi connectivity index (χ0) is 13.8. The number of aromatic nitrogens is 1. The SMILES string of the molecule is Cc1nc(SC(C)C(=O)NCc2cccs2)oc1C. The summed E-state index contributed by atoms with van der Waals surface area (Å²) in [5.74, 6) is 0.792. The monoisotopic (exact) mass is 296 g/mol. The van der Waals surface area contributed by atoms with E-state index in [0.717, 1.165) is 16.3 Å². The lowest BCUT2D eigenvalue weighted by atomic mass is 10.4. The summed E-state index contributed by atoms with van der Waals surface area (Å²) in [6, 6.07) is 3.98. The first-order valence-electron chi connectivity index (χ1n) is 5.97. The lowest BCUT2D eigenvalue weighted by molar-refractivity contribution is -0.120. The third-order valence-electron chi connectivity index (χ3n) is 2.67. The van der Waals surface area contributed by atoms with E-state index in [-0.39, 0.29) is 11.2 Å². The van der Waals surface area contributed by atoms with Gasteiger partial charge in [-0.05, 0) is 32.2 Å². The molecule has 0 saturated carbocycles. The molecular formula is C13H16N2O2S2. The Morgan fingerprint density at radius 2 is 2.37 bits per heavy atom. The number of carbonyl (C=O) groups excluding carboxylic acids is 1. The molecule has 0 aromatic carbocycles. The van der Waals surface area contributed by atoms with Gasteiger partial charge >= 0.3 is 0 Å². The van der Waals surface area contributed by atoms with Gasteiger partial charge in [0.25, 0.3) is 5.22 Å². The van der Waals surface area contributed by atoms with E-state index in [1.54, 1.807) is 11.3 Å². The van der Waals surface area contributed by atoms with E-state index in [0.29, 0.717) is 11.8 Å². The van der Waals surface area contributed by atoms with Gasteiger partial charge in [-0.25, -0.2) is 4.98 Å². The number of thiophene rings is 1. The molecule has 1 unspecified atom stereocenters. The predicted octanol–water partition coefficient (Wildman–Crippen LogP) is 3.15. The topological polar surface area (TPSA) is 55.1 Å². The quantitative estimate of drug-likeness (QED) is 0.861. The van der Waals surface area contributed by atoms with E-state index in [9.17, 15) is 4.79 Å². The minimum atomic E-state index is -0.225. The minimum Gasteiger partial charge on any atom is -0.437 e. The average Bonchev–Trinajstić information content (AvgIpc) is 2.97. The highest BCUT2D eigenvalue weighted by molar-refractivity contribution is 8.00. The van der Waals surface area contributed by atoms with Crippen molar-refractivity contribution < 1.29 is 9.21 Å². The van der Waals surface area contributed by atoms with Gasteiger partial charge in [0.05, 0.1) is 17.5 Å². The smallest absolute Gasteiger partial charge is 0.256 e. The van der Waals surface area contributed by atoms with Crippen LogP contribution in [0.2, 0.25) is 0 Å². The summed E-state index contributed by atoms with van der Waals surface area (Å²) in [5.41, 5.74) is 0.869. The fourth-order valence-corrected chi connectivity index (χ4v) is 2.93. The van der Waals surface area contributed by atoms with Crippen molar-refractivity contribution in [3.8, 4) is 0 Å². The lowest BCUT2D eigenvalue weighted by Gasteiger charge is -2.08. The summed E-state index contributed by atoms with van der Waals surface area (Å²) in [4.78, 5) is 17.3. The number of oxazole rings is 1. The molecule has 0 bridgehead atoms. The van der Waals surface area contributed by atoms with Crippen LogP contribution in [0, 0.1) is 13.8 Å². The second-order valence-corrected chi connectivity index (χ2v) is 6.50. The van der Waals surface area contributed by atoms with Gasteiger partial charge in [-0.15, -0.1) is 11.3 Å². The zero-order valence-electron chi connectivity index (χ0n) is 11.1. The van der Waals surface area contributed by atoms with E-state index in [2.05, 4.69) is 10.3 Å². The Morgan fingerprint density at radius 3 is 2.95 bits per heavy atom. The molecule has 1 amide bonds. The Labute approximate surface area is 120 Å². The lowest BCUT2D eigenvalue weighted by Crippen LogP contribution is -2.30. The number of thioether (sulfide) groups is 1. The van der Waals surface area contributed by atoms with Crippen molar-refractivity contribution in [1.82, 2.24) is 10.3 Å². The molecule has 0 aliphatic rings. The highest BCUT2D eigenvalue weighted by atomic mass is 32.2. The van der Waals surface area contributed by atoms with E-state index >= 15 is 0 Å². The van der Waals surface area contributed by atoms with Crippen LogP contribution in [0.5, 0.6) is 0 Å². The Balaban J connectivity index is 1.85. The maximum absolute atomic E-state index is 11.9. The Bertz CT molecular complexity index is 529. The molecule has 102 valence electrons. The van der Waals surface area contributed by atoms with Crippen molar-refractivity contribution in [2.75, 3.05) is 0 Å². The Kier molecular flexibility index (Phi) is 4.66. The molecule has 0 saturated heterocycles. The molecule has 2 heterocycles. The third-order valence-corrected chi connectivity index (χ3v) is 4.49. The van der Waals surface area contributed by atoms with Crippen LogP contribution in [0.4, 0.5) is 0 Å². The van der Waals surface area contributed by atoms with E-state index in [4.69, 9.17) is 4.42 Å². The van der Waals surface area contributed by atoms with Gasteiger partial charge in [0, 0.05) is 4.88 Å². The van der Waals surface area contributed by atoms with Gasteiger partial charge in [0.2, 0.25) is 5.91 Å². The van der Waals surface area contributed by atoms with Crippen LogP contribution in [0.15, 0.2) is 27.2 Å². The molecule has 2 aromatic heterocycles. The molecule has 2 rings (SSSR count). The molecule has 0 aliphatic carbocycles. The number of rotatable bonds is 5. The van der Waals surface area contributed by atoms with Crippen molar-refractivity contribution in [3.05, 3.63) is 33.8 Å². The number of aryl methyl sites for hydroxylation is 2. The number of amides is 1. The van der Waals surface area contributed by atoms with Crippen molar-refractivity contribution in [2.45, 2.75) is 37.8 Å². The van der Waals surface area contributed by atoms with Crippen LogP contribution in [-0.2, 0) is 11.3 Å². The highest BCUT2D eigenvalue weighted by Gasteiger charge is 2.17. The van der Waals surface area contributed by atoms with Gasteiger partial charge in [-0.1, -0.05) is 17.8 Å². The van der Waals surface area contributed by atoms with E-state index in [1.165, 1.54) is 11.8 Å². The second kappa shape index (κ2) is 6.25. The Hall–Kier alpha value is -1.27. The average molecular weight is 296 g/mol. The number of nitrogens with zero attached hydrogens (tertiary/aromatic N) is 1. The normalized spacial score (nSPS) is 12.4. The summed E-state index contributed by atoms with van der Waals surface area (Å²) in [5, 5.41) is 5.23. The largest absolute Gasteiger partial charge is 0.437 e. The molecule has 2 aromatic rings. The van der Waals surface area contributed by atoms with E-state index in [1.807, 2.05) is 38.3 Å². The molecule has 0 spiro atoms. The minimum absolute atomic E-state index is 0.00749. The predicted molar refractivity (Wildman–Crippen MR) is 77.5 cm³/mol. The first-order chi connectivity index (χ1) is 9.06. The van der Waals surface area contributed by atoms with Crippen molar-refractivity contribution >= 4 is 29.0 Å². The van der Waals surface area contributed by atoms with Crippen LogP contribution < -0.4 is 5.32 Å². The summed E-state index contributed by atoms with van der Waals surface area (Å²) >= 11 is 2.97. The fourth-order valence-electron chi connectivity index (χ4n) is 1.43. The molecule has 19 heavy (non-hydrogen) atoms. The standard InChI is InChI=1S/C13H16N2O2S2/c1-8-9(2)17-13(15-8)19-10(3)12(16)14-7-11-5-4-6-18-11/h4-6,10H,7H2,1-3H3,(H,14,16). The van der Waals surface area contributed by atoms with Crippen LogP contribution in [-0.4, -0.2) is 16.1 Å². The van der Waals surface area contributed by atoms with Crippen LogP contribution in [0.3, 0.4) is 0 Å². The molecule has 0 fully saturated rings. The van der Waals surface area contributed by atoms with Crippen molar-refractivity contribution in [3.63, 3.8) is 0 Å². The van der Waals surface area contributed by atoms with Gasteiger partial charge in [0.1, 0.15) is 5.76 Å². The number of nitrogens with one attached hydrogen (secondary N) is 1. The van der Waals surface area contributed by atoms with Crippen molar-refractivity contribution in [2.24, 2.45) is 0 Å². The third kappa shape index (κ3) is 3.84. The van der Waals surface area contributed by atoms with Crippen LogP contribution in [0.25, 0.3) is 0 Å². The van der Waals surface area contributed by atoms with Gasteiger partial charge in [0.15, 0.2) is 0 Å². The summed E-state index contributed by atoms with van der Waals surface area (Å²) in [6.45, 7) is 6.19. The highest BCUT2D eigenvalue weighted by Crippen LogP contribution is 2.24. The molecule has 1 N–H and O–H groups in total. The molecule has 1 atom stereocenters. The van der Waals surface area contributed by atoms with Crippen LogP contribution in [0.1, 0.15) is 23.3 Å². The van der Waals surface area contributed by atoms with Gasteiger partial charge in [-0.2, -0.15) is 0 Å². The molecule has 0 aliphatic heterocycles. The molecule has 4 nitrogen and oxygen atoms in total. The van der Waals surface area contributed by atoms with Crippen LogP contribution >= 0.6 is 23.1 Å². The number of hydrogen-bond acceptors (Lipinski definition) is 5. The fraction of sp³-hybridized carbons (Fsp3) is 0.385. The molecule has 0 radical (unpaired) electrons. The second-order valence-electron chi connectivity index (χ2n) is 4.18. The number of hydrogen-bond donors (Lipinski definition) is 1. The first-order valence-corrected chi connectivity index (χ1v) is 7.73. The number of carbonyl (C=O) groups is 1. The Morgan fingerprint density at radius 1 is 1.58 bits per heavy atom. The maximum Gasteiger partial charge on any atom is 0.256 e.